The van der Waals surface area contributed by atoms with Crippen molar-refractivity contribution in [1.29, 1.82) is 5.39 Å². The van der Waals surface area contributed by atoms with Gasteiger partial charge in [-0.3, -0.25) is 4.79 Å². The van der Waals surface area contributed by atoms with E-state index in [1.54, 1.807) is 36.4 Å². The van der Waals surface area contributed by atoms with E-state index in [0.717, 1.165) is 0 Å². The molecule has 0 aromatic heterocycles. The van der Waals surface area contributed by atoms with E-state index in [-0.39, 0.29) is 5.91 Å². The Morgan fingerprint density at radius 3 is 1.75 bits per heavy atom. The van der Waals surface area contributed by atoms with Gasteiger partial charge < -0.3 is 5.32 Å². The van der Waals surface area contributed by atoms with E-state index >= 15 is 0 Å². The number of hydrogen-bond acceptors (Lipinski definition) is 2. The number of nitrogens with zero attached hydrogens (tertiary/aromatic N) is 2. The van der Waals surface area contributed by atoms with Gasteiger partial charge in [0.25, 0.3) is 5.91 Å². The van der Waals surface area contributed by atoms with Crippen molar-refractivity contribution in [3.05, 3.63) is 65.1 Å². The van der Waals surface area contributed by atoms with Crippen LogP contribution in [-0.2, 0) is 0 Å². The van der Waals surface area contributed by atoms with Gasteiger partial charge in [0.05, 0.1) is 0 Å². The topological polar surface area (TPSA) is 57.2 Å². The summed E-state index contributed by atoms with van der Waals surface area (Å²) in [4.78, 5) is 14.8. The number of diazo groups is 1. The van der Waals surface area contributed by atoms with Gasteiger partial charge in [-0.1, -0.05) is 18.2 Å². The SMILES string of the molecule is F[P-](F)(F)(F)(F)F.N#[N+]c1ccc(NC(=O)c2ccccc2)cc1. The summed E-state index contributed by atoms with van der Waals surface area (Å²) in [7, 11) is -10.7. The summed E-state index contributed by atoms with van der Waals surface area (Å²) in [5.74, 6) is -0.167. The normalized spacial score (nSPS) is 13.4. The quantitative estimate of drug-likeness (QED) is 0.359. The summed E-state index contributed by atoms with van der Waals surface area (Å²) in [6, 6.07) is 15.5. The molecular formula is C13H10F6N3OP. The number of rotatable bonds is 2. The Hall–Kier alpha value is -2.66. The van der Waals surface area contributed by atoms with Crippen molar-refractivity contribution in [3.63, 3.8) is 0 Å². The first-order valence-electron chi connectivity index (χ1n) is 6.12. The number of carbonyl (C=O) groups is 1. The second-order valence-electron chi connectivity index (χ2n) is 4.43. The van der Waals surface area contributed by atoms with Gasteiger partial charge in [-0.15, -0.1) is 0 Å². The average Bonchev–Trinajstić information content (AvgIpc) is 2.46. The number of amides is 1. The minimum Gasteiger partial charge on any atom is -0.322 e. The van der Waals surface area contributed by atoms with E-state index in [1.165, 1.54) is 0 Å². The number of nitrogens with one attached hydrogen (secondary N) is 1. The summed E-state index contributed by atoms with van der Waals surface area (Å²) < 4.78 is 59.2. The molecule has 0 spiro atoms. The fraction of sp³-hybridized carbons (Fsp3) is 0. The van der Waals surface area contributed by atoms with Gasteiger partial charge in [-0.05, 0) is 24.3 Å². The third kappa shape index (κ3) is 10.1. The molecule has 2 aromatic rings. The molecule has 0 aliphatic rings. The van der Waals surface area contributed by atoms with Crippen LogP contribution in [0.25, 0.3) is 4.98 Å². The summed E-state index contributed by atoms with van der Waals surface area (Å²) in [6.45, 7) is 0. The molecule has 0 aliphatic heterocycles. The standard InChI is InChI=1S/C13H9N3O.F6P/c14-16-12-8-6-11(7-9-12)15-13(17)10-4-2-1-3-5-10;1-7(2,3,4,5)6/h1-9H;/q;-1/p+1. The van der Waals surface area contributed by atoms with E-state index < -0.39 is 7.81 Å². The van der Waals surface area contributed by atoms with Crippen LogP contribution in [0.15, 0.2) is 54.6 Å². The van der Waals surface area contributed by atoms with Gasteiger partial charge in [0.1, 0.15) is 0 Å². The van der Waals surface area contributed by atoms with Gasteiger partial charge in [0, 0.05) is 23.4 Å². The second kappa shape index (κ2) is 6.09. The van der Waals surface area contributed by atoms with Crippen LogP contribution in [0.5, 0.6) is 0 Å². The number of anilines is 1. The number of hydrogen-bond donors (Lipinski definition) is 1. The Bertz CT molecular complexity index is 743. The summed E-state index contributed by atoms with van der Waals surface area (Å²) in [5, 5.41) is 11.3. The van der Waals surface area contributed by atoms with Gasteiger partial charge >= 0.3 is 38.7 Å². The molecule has 2 rings (SSSR count). The average molecular weight is 369 g/mol. The van der Waals surface area contributed by atoms with Gasteiger partial charge in [0.15, 0.2) is 4.98 Å². The molecule has 1 amide bonds. The van der Waals surface area contributed by atoms with E-state index in [4.69, 9.17) is 5.39 Å². The Balaban J connectivity index is 0.000000351. The molecule has 0 atom stereocenters. The summed E-state index contributed by atoms with van der Waals surface area (Å²) in [6.07, 6.45) is 0. The van der Waals surface area contributed by atoms with Gasteiger partial charge in [0.2, 0.25) is 5.39 Å². The van der Waals surface area contributed by atoms with Crippen LogP contribution in [0, 0.1) is 5.39 Å². The molecule has 0 fully saturated rings. The molecule has 0 saturated heterocycles. The van der Waals surface area contributed by atoms with Crippen LogP contribution in [0.3, 0.4) is 0 Å². The molecule has 2 aromatic carbocycles. The maximum absolute atomic E-state index is 11.8. The molecule has 4 nitrogen and oxygen atoms in total. The zero-order valence-electron chi connectivity index (χ0n) is 11.7. The van der Waals surface area contributed by atoms with Crippen LogP contribution in [-0.4, -0.2) is 5.91 Å². The minimum absolute atomic E-state index is 0.167. The van der Waals surface area contributed by atoms with Crippen molar-refractivity contribution in [2.45, 2.75) is 0 Å². The van der Waals surface area contributed by atoms with Crippen LogP contribution in [0.4, 0.5) is 36.6 Å². The number of halogens is 6. The molecule has 130 valence electrons. The Morgan fingerprint density at radius 2 is 1.33 bits per heavy atom. The molecule has 0 radical (unpaired) electrons. The molecule has 1 N–H and O–H groups in total. The predicted molar refractivity (Wildman–Crippen MR) is 79.1 cm³/mol. The molecule has 0 bridgehead atoms. The van der Waals surface area contributed by atoms with Crippen molar-refractivity contribution >= 4 is 25.1 Å². The Morgan fingerprint density at radius 1 is 0.875 bits per heavy atom. The summed E-state index contributed by atoms with van der Waals surface area (Å²) in [5.41, 5.74) is 1.71. The fourth-order valence-electron chi connectivity index (χ4n) is 1.40. The zero-order chi connectivity index (χ0) is 18.5. The first-order chi connectivity index (χ1) is 10.7. The molecule has 0 saturated carbocycles. The van der Waals surface area contributed by atoms with Crippen molar-refractivity contribution < 1.29 is 30.0 Å². The van der Waals surface area contributed by atoms with Crippen LogP contribution in [0.1, 0.15) is 10.4 Å². The molecule has 0 aliphatic carbocycles. The van der Waals surface area contributed by atoms with E-state index in [0.29, 0.717) is 16.9 Å². The van der Waals surface area contributed by atoms with Crippen molar-refractivity contribution in [2.24, 2.45) is 0 Å². The van der Waals surface area contributed by atoms with Crippen molar-refractivity contribution in [3.8, 4) is 0 Å². The maximum atomic E-state index is 11.8. The largest absolute Gasteiger partial charge is 0.385 e. The van der Waals surface area contributed by atoms with Crippen molar-refractivity contribution in [1.82, 2.24) is 0 Å². The molecule has 11 heteroatoms. The maximum Gasteiger partial charge on any atom is 0.385 e. The zero-order valence-corrected chi connectivity index (χ0v) is 12.6. The second-order valence-corrected chi connectivity index (χ2v) is 6.34. The number of carbonyl (C=O) groups excluding carboxylic acids is 1. The smallest absolute Gasteiger partial charge is 0.322 e. The Kier molecular flexibility index (Phi) is 4.92. The van der Waals surface area contributed by atoms with Crippen molar-refractivity contribution in [2.75, 3.05) is 5.32 Å². The monoisotopic (exact) mass is 369 g/mol. The summed E-state index contributed by atoms with van der Waals surface area (Å²) >= 11 is 0. The van der Waals surface area contributed by atoms with Gasteiger partial charge in [-0.2, -0.15) is 0 Å². The van der Waals surface area contributed by atoms with E-state index in [1.807, 2.05) is 18.2 Å². The molecule has 0 heterocycles. The fourth-order valence-corrected chi connectivity index (χ4v) is 1.40. The van der Waals surface area contributed by atoms with Gasteiger partial charge in [-0.25, -0.2) is 0 Å². The molecule has 24 heavy (non-hydrogen) atoms. The minimum atomic E-state index is -10.7. The first kappa shape index (κ1) is 19.4. The Labute approximate surface area is 132 Å². The van der Waals surface area contributed by atoms with E-state index in [9.17, 15) is 30.0 Å². The van der Waals surface area contributed by atoms with Crippen LogP contribution < -0.4 is 5.32 Å². The van der Waals surface area contributed by atoms with E-state index in [2.05, 4.69) is 10.3 Å². The molecule has 0 unspecified atom stereocenters. The third-order valence-corrected chi connectivity index (χ3v) is 2.28. The van der Waals surface area contributed by atoms with Crippen LogP contribution >= 0.6 is 7.81 Å². The first-order valence-corrected chi connectivity index (χ1v) is 8.15. The molecular weight excluding hydrogens is 359 g/mol. The predicted octanol–water partition coefficient (Wildman–Crippen LogP) is 6.81. The number of benzene rings is 2. The third-order valence-electron chi connectivity index (χ3n) is 2.28. The van der Waals surface area contributed by atoms with Crippen LogP contribution in [0.2, 0.25) is 0 Å².